The highest BCUT2D eigenvalue weighted by Crippen LogP contribution is 2.30. The van der Waals surface area contributed by atoms with Gasteiger partial charge in [0.15, 0.2) is 9.84 Å². The van der Waals surface area contributed by atoms with Crippen LogP contribution in [0.1, 0.15) is 25.7 Å². The van der Waals surface area contributed by atoms with Gasteiger partial charge in [-0.25, -0.2) is 8.42 Å². The third-order valence-corrected chi connectivity index (χ3v) is 5.89. The molecule has 0 bridgehead atoms. The Balaban J connectivity index is 2.34. The molecule has 0 spiro atoms. The highest BCUT2D eigenvalue weighted by Gasteiger charge is 2.38. The Morgan fingerprint density at radius 1 is 1.17 bits per heavy atom. The van der Waals surface area contributed by atoms with E-state index in [-0.39, 0.29) is 6.04 Å². The van der Waals surface area contributed by atoms with Crippen LogP contribution in [0.5, 0.6) is 0 Å². The molecule has 0 radical (unpaired) electrons. The fourth-order valence-corrected chi connectivity index (χ4v) is 4.74. The molecule has 0 heterocycles. The van der Waals surface area contributed by atoms with Crippen LogP contribution in [0.4, 0.5) is 0 Å². The van der Waals surface area contributed by atoms with E-state index in [2.05, 4.69) is 0 Å². The van der Waals surface area contributed by atoms with Crippen molar-refractivity contribution in [3.8, 4) is 0 Å². The zero-order chi connectivity index (χ0) is 13.2. The van der Waals surface area contributed by atoms with Crippen LogP contribution in [0.3, 0.4) is 0 Å². The SMILES string of the molecule is CN(O)[C@H]1CCCC[C@H]1S(=O)(=O)c1ccccc1. The highest BCUT2D eigenvalue weighted by atomic mass is 32.2. The Hall–Kier alpha value is -0.910. The second-order valence-electron chi connectivity index (χ2n) is 4.82. The molecule has 0 unspecified atom stereocenters. The number of rotatable bonds is 3. The topological polar surface area (TPSA) is 57.6 Å². The smallest absolute Gasteiger partial charge is 0.182 e. The maximum atomic E-state index is 12.6. The highest BCUT2D eigenvalue weighted by molar-refractivity contribution is 7.92. The number of hydrogen-bond donors (Lipinski definition) is 1. The van der Waals surface area contributed by atoms with Gasteiger partial charge in [-0.05, 0) is 25.0 Å². The zero-order valence-electron chi connectivity index (χ0n) is 10.5. The number of hydroxylamine groups is 2. The molecule has 1 aliphatic carbocycles. The lowest BCUT2D eigenvalue weighted by molar-refractivity contribution is -0.109. The third-order valence-electron chi connectivity index (χ3n) is 3.62. The van der Waals surface area contributed by atoms with E-state index in [1.54, 1.807) is 30.3 Å². The first kappa shape index (κ1) is 13.5. The maximum Gasteiger partial charge on any atom is 0.182 e. The standard InChI is InChI=1S/C13H19NO3S/c1-14(15)12-9-5-6-10-13(12)18(16,17)11-7-3-2-4-8-11/h2-4,7-8,12-13,15H,5-6,9-10H2,1H3/t12-,13+/m0/s1. The van der Waals surface area contributed by atoms with Gasteiger partial charge < -0.3 is 5.21 Å². The van der Waals surface area contributed by atoms with Crippen LogP contribution in [0.2, 0.25) is 0 Å². The molecule has 5 heteroatoms. The summed E-state index contributed by atoms with van der Waals surface area (Å²) >= 11 is 0. The molecule has 4 nitrogen and oxygen atoms in total. The Labute approximate surface area is 108 Å². The van der Waals surface area contributed by atoms with Gasteiger partial charge in [-0.15, -0.1) is 0 Å². The molecule has 2 atom stereocenters. The van der Waals surface area contributed by atoms with Crippen molar-refractivity contribution in [3.05, 3.63) is 30.3 Å². The van der Waals surface area contributed by atoms with Crippen LogP contribution in [-0.4, -0.2) is 37.0 Å². The maximum absolute atomic E-state index is 12.6. The van der Waals surface area contributed by atoms with Gasteiger partial charge in [0.1, 0.15) is 0 Å². The van der Waals surface area contributed by atoms with E-state index in [0.29, 0.717) is 11.3 Å². The molecule has 1 saturated carbocycles. The zero-order valence-corrected chi connectivity index (χ0v) is 11.3. The number of hydrogen-bond acceptors (Lipinski definition) is 4. The average molecular weight is 269 g/mol. The van der Waals surface area contributed by atoms with Crippen LogP contribution >= 0.6 is 0 Å². The van der Waals surface area contributed by atoms with Crippen molar-refractivity contribution in [2.45, 2.75) is 41.9 Å². The fourth-order valence-electron chi connectivity index (χ4n) is 2.65. The quantitative estimate of drug-likeness (QED) is 0.854. The van der Waals surface area contributed by atoms with Crippen molar-refractivity contribution in [2.24, 2.45) is 0 Å². The van der Waals surface area contributed by atoms with Crippen molar-refractivity contribution in [1.29, 1.82) is 0 Å². The number of benzene rings is 1. The molecule has 1 aromatic rings. The Kier molecular flexibility index (Phi) is 4.04. The molecule has 1 fully saturated rings. The first-order chi connectivity index (χ1) is 8.53. The first-order valence-corrected chi connectivity index (χ1v) is 7.79. The van der Waals surface area contributed by atoms with E-state index in [1.165, 1.54) is 7.05 Å². The summed E-state index contributed by atoms with van der Waals surface area (Å²) < 4.78 is 25.1. The van der Waals surface area contributed by atoms with E-state index in [0.717, 1.165) is 24.3 Å². The summed E-state index contributed by atoms with van der Waals surface area (Å²) in [7, 11) is -1.83. The number of nitrogens with zero attached hydrogens (tertiary/aromatic N) is 1. The van der Waals surface area contributed by atoms with Gasteiger partial charge in [0, 0.05) is 7.05 Å². The predicted molar refractivity (Wildman–Crippen MR) is 69.2 cm³/mol. The Morgan fingerprint density at radius 3 is 2.39 bits per heavy atom. The summed E-state index contributed by atoms with van der Waals surface area (Å²) in [6.07, 6.45) is 3.22. The van der Waals surface area contributed by atoms with Gasteiger partial charge >= 0.3 is 0 Å². The average Bonchev–Trinajstić information content (AvgIpc) is 2.39. The molecule has 2 rings (SSSR count). The van der Waals surface area contributed by atoms with E-state index < -0.39 is 15.1 Å². The van der Waals surface area contributed by atoms with Gasteiger partial charge in [0.05, 0.1) is 16.2 Å². The van der Waals surface area contributed by atoms with E-state index in [9.17, 15) is 13.6 Å². The molecule has 0 aliphatic heterocycles. The van der Waals surface area contributed by atoms with Gasteiger partial charge in [-0.3, -0.25) is 0 Å². The molecule has 0 saturated heterocycles. The lowest BCUT2D eigenvalue weighted by atomic mass is 9.95. The summed E-state index contributed by atoms with van der Waals surface area (Å²) in [6, 6.07) is 8.21. The molecule has 18 heavy (non-hydrogen) atoms. The minimum atomic E-state index is -3.36. The summed E-state index contributed by atoms with van der Waals surface area (Å²) in [4.78, 5) is 0.351. The van der Waals surface area contributed by atoms with Gasteiger partial charge in [-0.1, -0.05) is 31.0 Å². The van der Waals surface area contributed by atoms with E-state index in [1.807, 2.05) is 0 Å². The number of sulfone groups is 1. The minimum Gasteiger partial charge on any atom is -0.314 e. The van der Waals surface area contributed by atoms with Gasteiger partial charge in [-0.2, -0.15) is 5.06 Å². The van der Waals surface area contributed by atoms with E-state index >= 15 is 0 Å². The molecule has 100 valence electrons. The molecule has 1 aromatic carbocycles. The molecule has 1 aliphatic rings. The summed E-state index contributed by atoms with van der Waals surface area (Å²) in [5, 5.41) is 10.2. The summed E-state index contributed by atoms with van der Waals surface area (Å²) in [5.74, 6) is 0. The van der Waals surface area contributed by atoms with Crippen molar-refractivity contribution in [1.82, 2.24) is 5.06 Å². The Morgan fingerprint density at radius 2 is 1.78 bits per heavy atom. The second kappa shape index (κ2) is 5.38. The van der Waals surface area contributed by atoms with Crippen molar-refractivity contribution in [2.75, 3.05) is 7.05 Å². The largest absolute Gasteiger partial charge is 0.314 e. The molecule has 1 N–H and O–H groups in total. The molecular formula is C13H19NO3S. The van der Waals surface area contributed by atoms with Gasteiger partial charge in [0.25, 0.3) is 0 Å². The monoisotopic (exact) mass is 269 g/mol. The van der Waals surface area contributed by atoms with Crippen LogP contribution in [-0.2, 0) is 9.84 Å². The molecule has 0 amide bonds. The van der Waals surface area contributed by atoms with Crippen LogP contribution in [0.25, 0.3) is 0 Å². The van der Waals surface area contributed by atoms with Crippen molar-refractivity contribution in [3.63, 3.8) is 0 Å². The normalized spacial score (nSPS) is 25.3. The van der Waals surface area contributed by atoms with Crippen LogP contribution < -0.4 is 0 Å². The van der Waals surface area contributed by atoms with Crippen molar-refractivity contribution >= 4 is 9.84 Å². The Bertz CT molecular complexity index is 484. The second-order valence-corrected chi connectivity index (χ2v) is 6.99. The van der Waals surface area contributed by atoms with Gasteiger partial charge in [0.2, 0.25) is 0 Å². The lowest BCUT2D eigenvalue weighted by Crippen LogP contribution is -2.45. The van der Waals surface area contributed by atoms with Crippen LogP contribution in [0, 0.1) is 0 Å². The van der Waals surface area contributed by atoms with Crippen LogP contribution in [0.15, 0.2) is 35.2 Å². The third kappa shape index (κ3) is 2.58. The van der Waals surface area contributed by atoms with Crippen molar-refractivity contribution < 1.29 is 13.6 Å². The first-order valence-electron chi connectivity index (χ1n) is 6.24. The lowest BCUT2D eigenvalue weighted by Gasteiger charge is -2.34. The minimum absolute atomic E-state index is 0.302. The predicted octanol–water partition coefficient (Wildman–Crippen LogP) is 2.09. The summed E-state index contributed by atoms with van der Waals surface area (Å²) in [6.45, 7) is 0. The molecule has 0 aromatic heterocycles. The van der Waals surface area contributed by atoms with E-state index in [4.69, 9.17) is 0 Å². The summed E-state index contributed by atoms with van der Waals surface area (Å²) in [5.41, 5.74) is 0. The molecular weight excluding hydrogens is 250 g/mol. The fraction of sp³-hybridized carbons (Fsp3) is 0.538.